The summed E-state index contributed by atoms with van der Waals surface area (Å²) in [6.07, 6.45) is 1.23. The molecule has 0 spiro atoms. The van der Waals surface area contributed by atoms with Gasteiger partial charge in [-0.15, -0.1) is 0 Å². The van der Waals surface area contributed by atoms with Crippen LogP contribution in [0, 0.1) is 0 Å². The molecule has 5 nitrogen and oxygen atoms in total. The van der Waals surface area contributed by atoms with Crippen molar-refractivity contribution >= 4 is 27.3 Å². The van der Waals surface area contributed by atoms with Gasteiger partial charge in [0.2, 0.25) is 10.0 Å². The summed E-state index contributed by atoms with van der Waals surface area (Å²) in [7, 11) is -3.64. The topological polar surface area (TPSA) is 83.6 Å². The van der Waals surface area contributed by atoms with Crippen LogP contribution < -0.4 is 5.73 Å². The molecule has 1 aromatic carbocycles. The number of anilines is 1. The Bertz CT molecular complexity index is 587. The highest BCUT2D eigenvalue weighted by molar-refractivity contribution is 7.89. The van der Waals surface area contributed by atoms with Crippen molar-refractivity contribution in [1.29, 1.82) is 0 Å². The van der Waals surface area contributed by atoms with Gasteiger partial charge in [-0.25, -0.2) is 8.42 Å². The summed E-state index contributed by atoms with van der Waals surface area (Å²) in [5.74, 6) is 0. The van der Waals surface area contributed by atoms with Crippen molar-refractivity contribution in [2.24, 2.45) is 0 Å². The van der Waals surface area contributed by atoms with Crippen molar-refractivity contribution in [1.82, 2.24) is 4.31 Å². The molecule has 1 saturated heterocycles. The Kier molecular flexibility index (Phi) is 3.79. The Morgan fingerprint density at radius 2 is 2.16 bits per heavy atom. The normalized spacial score (nSPS) is 25.4. The first kappa shape index (κ1) is 14.6. The standard InChI is InChI=1S/C12H17ClN2O3S/c1-12(16)5-2-6-15(8-12)19(17,18)9-3-4-11(14)10(13)7-9/h3-4,7,16H,2,5-6,8,14H2,1H3. The van der Waals surface area contributed by atoms with Crippen LogP contribution in [0.5, 0.6) is 0 Å². The maximum atomic E-state index is 12.5. The monoisotopic (exact) mass is 304 g/mol. The molecule has 0 radical (unpaired) electrons. The maximum absolute atomic E-state index is 12.5. The molecule has 0 bridgehead atoms. The van der Waals surface area contributed by atoms with Crippen LogP contribution in [0.15, 0.2) is 23.1 Å². The van der Waals surface area contributed by atoms with Crippen LogP contribution in [0.4, 0.5) is 5.69 Å². The Balaban J connectivity index is 2.34. The molecule has 3 N–H and O–H groups in total. The molecule has 1 aliphatic heterocycles. The second-order valence-electron chi connectivity index (χ2n) is 5.12. The smallest absolute Gasteiger partial charge is 0.243 e. The fourth-order valence-electron chi connectivity index (χ4n) is 2.20. The third-order valence-corrected chi connectivity index (χ3v) is 5.42. The molecule has 1 heterocycles. The van der Waals surface area contributed by atoms with E-state index >= 15 is 0 Å². The molecule has 7 heteroatoms. The van der Waals surface area contributed by atoms with Crippen LogP contribution in [0.2, 0.25) is 5.02 Å². The molecule has 1 aliphatic rings. The van der Waals surface area contributed by atoms with E-state index in [0.29, 0.717) is 25.1 Å². The van der Waals surface area contributed by atoms with E-state index in [1.165, 1.54) is 22.5 Å². The van der Waals surface area contributed by atoms with Crippen molar-refractivity contribution in [2.45, 2.75) is 30.3 Å². The van der Waals surface area contributed by atoms with E-state index in [0.717, 1.165) is 0 Å². The van der Waals surface area contributed by atoms with Crippen molar-refractivity contribution in [2.75, 3.05) is 18.8 Å². The molecule has 1 unspecified atom stereocenters. The van der Waals surface area contributed by atoms with Gasteiger partial charge in [-0.1, -0.05) is 11.6 Å². The molecule has 0 aliphatic carbocycles. The first-order valence-corrected chi connectivity index (χ1v) is 7.82. The molecule has 0 saturated carbocycles. The van der Waals surface area contributed by atoms with E-state index in [9.17, 15) is 13.5 Å². The Labute approximate surface area is 118 Å². The first-order valence-electron chi connectivity index (χ1n) is 6.00. The Hall–Kier alpha value is -0.820. The maximum Gasteiger partial charge on any atom is 0.243 e. The number of hydrogen-bond acceptors (Lipinski definition) is 4. The average molecular weight is 305 g/mol. The van der Waals surface area contributed by atoms with E-state index < -0.39 is 15.6 Å². The molecule has 0 aromatic heterocycles. The number of sulfonamides is 1. The number of aliphatic hydroxyl groups is 1. The minimum atomic E-state index is -3.64. The molecule has 106 valence electrons. The lowest BCUT2D eigenvalue weighted by Gasteiger charge is -2.35. The number of nitrogens with zero attached hydrogens (tertiary/aromatic N) is 1. The van der Waals surface area contributed by atoms with Gasteiger partial charge in [-0.3, -0.25) is 0 Å². The quantitative estimate of drug-likeness (QED) is 0.810. The molecule has 19 heavy (non-hydrogen) atoms. The van der Waals surface area contributed by atoms with Gasteiger partial charge < -0.3 is 10.8 Å². The van der Waals surface area contributed by atoms with Gasteiger partial charge in [0.25, 0.3) is 0 Å². The van der Waals surface area contributed by atoms with E-state index in [1.807, 2.05) is 0 Å². The van der Waals surface area contributed by atoms with Crippen LogP contribution in [0.1, 0.15) is 19.8 Å². The van der Waals surface area contributed by atoms with Crippen LogP contribution >= 0.6 is 11.6 Å². The minimum Gasteiger partial charge on any atom is -0.398 e. The van der Waals surface area contributed by atoms with Crippen molar-refractivity contribution in [3.05, 3.63) is 23.2 Å². The third-order valence-electron chi connectivity index (χ3n) is 3.25. The molecular weight excluding hydrogens is 288 g/mol. The summed E-state index contributed by atoms with van der Waals surface area (Å²) in [4.78, 5) is 0.101. The minimum absolute atomic E-state index is 0.0946. The highest BCUT2D eigenvalue weighted by atomic mass is 35.5. The van der Waals surface area contributed by atoms with Crippen LogP contribution in [-0.4, -0.2) is 36.5 Å². The number of halogens is 1. The SMILES string of the molecule is CC1(O)CCCN(S(=O)(=O)c2ccc(N)c(Cl)c2)C1. The van der Waals surface area contributed by atoms with Crippen LogP contribution in [0.3, 0.4) is 0 Å². The van der Waals surface area contributed by atoms with E-state index in [1.54, 1.807) is 6.92 Å². The summed E-state index contributed by atoms with van der Waals surface area (Å²) in [5, 5.41) is 10.2. The zero-order valence-corrected chi connectivity index (χ0v) is 12.2. The number of nitrogen functional groups attached to an aromatic ring is 1. The van der Waals surface area contributed by atoms with Crippen LogP contribution in [-0.2, 0) is 10.0 Å². The predicted octanol–water partition coefficient (Wildman–Crippen LogP) is 1.46. The van der Waals surface area contributed by atoms with E-state index in [-0.39, 0.29) is 16.5 Å². The van der Waals surface area contributed by atoms with Gasteiger partial charge in [0.05, 0.1) is 21.2 Å². The van der Waals surface area contributed by atoms with Crippen molar-refractivity contribution in [3.8, 4) is 0 Å². The molecule has 1 aromatic rings. The molecular formula is C12H17ClN2O3S. The number of hydrogen-bond donors (Lipinski definition) is 2. The highest BCUT2D eigenvalue weighted by Crippen LogP contribution is 2.28. The Morgan fingerprint density at radius 3 is 2.74 bits per heavy atom. The zero-order valence-electron chi connectivity index (χ0n) is 10.6. The Morgan fingerprint density at radius 1 is 1.47 bits per heavy atom. The molecule has 1 fully saturated rings. The van der Waals surface area contributed by atoms with Gasteiger partial charge in [0.1, 0.15) is 0 Å². The van der Waals surface area contributed by atoms with E-state index in [2.05, 4.69) is 0 Å². The predicted molar refractivity (Wildman–Crippen MR) is 74.5 cm³/mol. The number of benzene rings is 1. The lowest BCUT2D eigenvalue weighted by atomic mass is 9.97. The van der Waals surface area contributed by atoms with Gasteiger partial charge >= 0.3 is 0 Å². The lowest BCUT2D eigenvalue weighted by molar-refractivity contribution is 0.00940. The number of nitrogens with two attached hydrogens (primary N) is 1. The van der Waals surface area contributed by atoms with Gasteiger partial charge in [-0.2, -0.15) is 4.31 Å². The second-order valence-corrected chi connectivity index (χ2v) is 7.47. The summed E-state index contributed by atoms with van der Waals surface area (Å²) < 4.78 is 26.2. The summed E-state index contributed by atoms with van der Waals surface area (Å²) >= 11 is 5.86. The van der Waals surface area contributed by atoms with Gasteiger partial charge in [0, 0.05) is 13.1 Å². The number of piperidine rings is 1. The molecule has 1 atom stereocenters. The third kappa shape index (κ3) is 3.02. The average Bonchev–Trinajstić information content (AvgIpc) is 2.31. The number of β-amino-alcohol motifs (C(OH)–C–C–N with tert-alkyl or cyclic N) is 1. The largest absolute Gasteiger partial charge is 0.398 e. The number of rotatable bonds is 2. The first-order chi connectivity index (χ1) is 8.72. The van der Waals surface area contributed by atoms with Gasteiger partial charge in [-0.05, 0) is 38.0 Å². The van der Waals surface area contributed by atoms with E-state index in [4.69, 9.17) is 17.3 Å². The molecule has 0 amide bonds. The zero-order chi connectivity index (χ0) is 14.3. The second kappa shape index (κ2) is 4.94. The van der Waals surface area contributed by atoms with Crippen LogP contribution in [0.25, 0.3) is 0 Å². The summed E-state index contributed by atoms with van der Waals surface area (Å²) in [6.45, 7) is 2.14. The fraction of sp³-hybridized carbons (Fsp3) is 0.500. The summed E-state index contributed by atoms with van der Waals surface area (Å²) in [6, 6.07) is 4.24. The summed E-state index contributed by atoms with van der Waals surface area (Å²) in [5.41, 5.74) is 4.93. The fourth-order valence-corrected chi connectivity index (χ4v) is 4.06. The highest BCUT2D eigenvalue weighted by Gasteiger charge is 2.35. The van der Waals surface area contributed by atoms with Crippen molar-refractivity contribution in [3.63, 3.8) is 0 Å². The van der Waals surface area contributed by atoms with Crippen molar-refractivity contribution < 1.29 is 13.5 Å². The lowest BCUT2D eigenvalue weighted by Crippen LogP contribution is -2.48. The van der Waals surface area contributed by atoms with Gasteiger partial charge in [0.15, 0.2) is 0 Å². The molecule has 2 rings (SSSR count).